The van der Waals surface area contributed by atoms with E-state index in [1.54, 1.807) is 0 Å². The molecule has 0 aliphatic heterocycles. The highest BCUT2D eigenvalue weighted by Gasteiger charge is 2.42. The van der Waals surface area contributed by atoms with Crippen LogP contribution >= 0.6 is 11.6 Å². The van der Waals surface area contributed by atoms with E-state index in [1.165, 1.54) is 0 Å². The van der Waals surface area contributed by atoms with E-state index in [2.05, 4.69) is 17.3 Å². The Morgan fingerprint density at radius 1 is 1.56 bits per heavy atom. The summed E-state index contributed by atoms with van der Waals surface area (Å²) in [6.07, 6.45) is -4.73. The summed E-state index contributed by atoms with van der Waals surface area (Å²) in [5.41, 5.74) is 4.23. The van der Waals surface area contributed by atoms with Crippen molar-refractivity contribution in [1.29, 1.82) is 0 Å². The lowest BCUT2D eigenvalue weighted by Crippen LogP contribution is -2.36. The van der Waals surface area contributed by atoms with Crippen LogP contribution in [0.3, 0.4) is 0 Å². The quantitative estimate of drug-likeness (QED) is 0.564. The van der Waals surface area contributed by atoms with Crippen LogP contribution in [0.2, 0.25) is 0 Å². The Labute approximate surface area is 53.8 Å². The van der Waals surface area contributed by atoms with Crippen molar-refractivity contribution >= 4 is 17.5 Å². The van der Waals surface area contributed by atoms with Crippen molar-refractivity contribution in [2.75, 3.05) is 0 Å². The van der Waals surface area contributed by atoms with E-state index in [-0.39, 0.29) is 0 Å². The van der Waals surface area contributed by atoms with Crippen molar-refractivity contribution in [2.24, 2.45) is 5.73 Å². The van der Waals surface area contributed by atoms with Gasteiger partial charge in [0.25, 0.3) is 0 Å². The maximum Gasteiger partial charge on any atom is 0.413 e. The van der Waals surface area contributed by atoms with Crippen LogP contribution in [-0.4, -0.2) is 17.5 Å². The predicted octanol–water partition coefficient (Wildman–Crippen LogP) is 0.641. The molecule has 0 saturated carbocycles. The Kier molecular flexibility index (Phi) is 2.31. The lowest BCUT2D eigenvalue weighted by atomic mass is 10.4. The fourth-order valence-corrected chi connectivity index (χ4v) is 0.161. The number of rotatable bonds is 1. The molecule has 1 amide bonds. The second kappa shape index (κ2) is 2.43. The molecule has 0 aromatic carbocycles. The second-order valence-corrected chi connectivity index (χ2v) is 1.74. The molecule has 9 heavy (non-hydrogen) atoms. The molecule has 0 aliphatic carbocycles. The first kappa shape index (κ1) is 8.55. The van der Waals surface area contributed by atoms with Gasteiger partial charge in [0, 0.05) is 0 Å². The van der Waals surface area contributed by atoms with Crippen LogP contribution in [0.5, 0.6) is 0 Å². The minimum absolute atomic E-state index is 1.58. The Hall–Kier alpha value is -0.450. The minimum atomic E-state index is -4.73. The standard InChI is InChI=1S/C3H3ClF3NO/c4-1(2(8)9)3(5,6)7/h1H,(H2,8,9). The van der Waals surface area contributed by atoms with Gasteiger partial charge in [-0.05, 0) is 0 Å². The molecule has 0 bridgehead atoms. The zero-order chi connectivity index (χ0) is 7.65. The van der Waals surface area contributed by atoms with Crippen LogP contribution in [0.25, 0.3) is 0 Å². The third-order valence-electron chi connectivity index (χ3n) is 0.537. The number of carbonyl (C=O) groups is 1. The number of amides is 1. The summed E-state index contributed by atoms with van der Waals surface area (Å²) in [5.74, 6) is -1.58. The van der Waals surface area contributed by atoms with E-state index in [0.29, 0.717) is 0 Å². The van der Waals surface area contributed by atoms with Crippen molar-refractivity contribution in [2.45, 2.75) is 11.6 Å². The summed E-state index contributed by atoms with van der Waals surface area (Å²) in [7, 11) is 0. The van der Waals surface area contributed by atoms with Gasteiger partial charge < -0.3 is 5.73 Å². The number of hydrogen-bond donors (Lipinski definition) is 1. The van der Waals surface area contributed by atoms with Crippen LogP contribution in [0.15, 0.2) is 0 Å². The average molecular weight is 162 g/mol. The zero-order valence-electron chi connectivity index (χ0n) is 4.07. The van der Waals surface area contributed by atoms with E-state index in [9.17, 15) is 18.0 Å². The average Bonchev–Trinajstić information content (AvgIpc) is 1.62. The maximum atomic E-state index is 11.3. The van der Waals surface area contributed by atoms with Crippen molar-refractivity contribution in [1.82, 2.24) is 0 Å². The van der Waals surface area contributed by atoms with Crippen LogP contribution < -0.4 is 5.73 Å². The molecule has 1 atom stereocenters. The van der Waals surface area contributed by atoms with Gasteiger partial charge in [-0.1, -0.05) is 0 Å². The number of halogens is 4. The fourth-order valence-electron chi connectivity index (χ4n) is 0.161. The normalized spacial score (nSPS) is 15.1. The topological polar surface area (TPSA) is 43.1 Å². The molecule has 2 N–H and O–H groups in total. The Balaban J connectivity index is 4.04. The summed E-state index contributed by atoms with van der Waals surface area (Å²) in [4.78, 5) is 9.72. The predicted molar refractivity (Wildman–Crippen MR) is 24.9 cm³/mol. The Morgan fingerprint density at radius 2 is 1.89 bits per heavy atom. The molecule has 0 aromatic rings. The molecule has 0 aliphatic rings. The molecule has 0 aromatic heterocycles. The summed E-state index contributed by atoms with van der Waals surface area (Å²) < 4.78 is 33.8. The van der Waals surface area contributed by atoms with Gasteiger partial charge in [0.2, 0.25) is 11.3 Å². The van der Waals surface area contributed by atoms with Gasteiger partial charge >= 0.3 is 6.18 Å². The maximum absolute atomic E-state index is 11.3. The Bertz CT molecular complexity index is 123. The number of alkyl halides is 4. The van der Waals surface area contributed by atoms with E-state index in [1.807, 2.05) is 0 Å². The molecule has 0 spiro atoms. The fraction of sp³-hybridized carbons (Fsp3) is 0.667. The van der Waals surface area contributed by atoms with Gasteiger partial charge in [-0.2, -0.15) is 13.2 Å². The highest BCUT2D eigenvalue weighted by atomic mass is 35.5. The molecule has 0 rings (SSSR count). The highest BCUT2D eigenvalue weighted by Crippen LogP contribution is 2.23. The number of carbonyl (C=O) groups excluding carboxylic acids is 1. The van der Waals surface area contributed by atoms with Crippen LogP contribution in [0.4, 0.5) is 13.2 Å². The summed E-state index contributed by atoms with van der Waals surface area (Å²) in [5, 5.41) is -2.57. The molecular formula is C3H3ClF3NO. The van der Waals surface area contributed by atoms with Gasteiger partial charge in [-0.15, -0.1) is 11.6 Å². The van der Waals surface area contributed by atoms with Crippen molar-refractivity contribution < 1.29 is 18.0 Å². The highest BCUT2D eigenvalue weighted by molar-refractivity contribution is 6.31. The summed E-state index contributed by atoms with van der Waals surface area (Å²) in [6, 6.07) is 0. The summed E-state index contributed by atoms with van der Waals surface area (Å²) in [6.45, 7) is 0. The van der Waals surface area contributed by atoms with Crippen LogP contribution in [0.1, 0.15) is 0 Å². The first-order chi connectivity index (χ1) is 3.85. The smallest absolute Gasteiger partial charge is 0.368 e. The lowest BCUT2D eigenvalue weighted by molar-refractivity contribution is -0.148. The van der Waals surface area contributed by atoms with Crippen molar-refractivity contribution in [3.8, 4) is 0 Å². The number of hydrogen-bond acceptors (Lipinski definition) is 1. The molecule has 6 heteroatoms. The van der Waals surface area contributed by atoms with Crippen LogP contribution in [0, 0.1) is 0 Å². The first-order valence-electron chi connectivity index (χ1n) is 1.86. The van der Waals surface area contributed by atoms with E-state index < -0.39 is 17.5 Å². The van der Waals surface area contributed by atoms with Gasteiger partial charge in [-0.3, -0.25) is 4.79 Å². The number of primary amides is 1. The summed E-state index contributed by atoms with van der Waals surface area (Å²) >= 11 is 4.49. The molecule has 0 fully saturated rings. The molecule has 0 saturated heterocycles. The van der Waals surface area contributed by atoms with E-state index in [4.69, 9.17) is 0 Å². The van der Waals surface area contributed by atoms with Gasteiger partial charge in [0.15, 0.2) is 0 Å². The van der Waals surface area contributed by atoms with E-state index in [0.717, 1.165) is 0 Å². The molecule has 1 unspecified atom stereocenters. The zero-order valence-corrected chi connectivity index (χ0v) is 4.83. The third kappa shape index (κ3) is 2.55. The van der Waals surface area contributed by atoms with Gasteiger partial charge in [0.05, 0.1) is 0 Å². The molecule has 0 heterocycles. The Morgan fingerprint density at radius 3 is 1.89 bits per heavy atom. The molecule has 2 nitrogen and oxygen atoms in total. The lowest BCUT2D eigenvalue weighted by Gasteiger charge is -2.07. The van der Waals surface area contributed by atoms with E-state index >= 15 is 0 Å². The second-order valence-electron chi connectivity index (χ2n) is 1.31. The van der Waals surface area contributed by atoms with Crippen LogP contribution in [-0.2, 0) is 4.79 Å². The molecule has 54 valence electrons. The van der Waals surface area contributed by atoms with Gasteiger partial charge in [-0.25, -0.2) is 0 Å². The minimum Gasteiger partial charge on any atom is -0.368 e. The monoisotopic (exact) mass is 161 g/mol. The van der Waals surface area contributed by atoms with Crippen molar-refractivity contribution in [3.05, 3.63) is 0 Å². The third-order valence-corrected chi connectivity index (χ3v) is 1.000. The molecular weight excluding hydrogens is 158 g/mol. The first-order valence-corrected chi connectivity index (χ1v) is 2.29. The van der Waals surface area contributed by atoms with Gasteiger partial charge in [0.1, 0.15) is 0 Å². The molecule has 0 radical (unpaired) electrons. The largest absolute Gasteiger partial charge is 0.413 e. The number of nitrogens with two attached hydrogens (primary N) is 1. The SMILES string of the molecule is NC(=O)C(Cl)C(F)(F)F. The van der Waals surface area contributed by atoms with Crippen molar-refractivity contribution in [3.63, 3.8) is 0 Å².